The lowest BCUT2D eigenvalue weighted by Crippen LogP contribution is -2.28. The van der Waals surface area contributed by atoms with Gasteiger partial charge in [0.1, 0.15) is 22.3 Å². The molecule has 304 valence electrons. The molecule has 0 unspecified atom stereocenters. The van der Waals surface area contributed by atoms with Gasteiger partial charge in [0, 0.05) is 58.7 Å². The average molecular weight is 848 g/mol. The summed E-state index contributed by atoms with van der Waals surface area (Å²) in [6, 6.07) is 81.5. The fourth-order valence-corrected chi connectivity index (χ4v) is 12.3. The zero-order valence-electron chi connectivity index (χ0n) is 35.0. The molecule has 13 aromatic rings. The Morgan fingerprint density at radius 3 is 1.80 bits per heavy atom. The summed E-state index contributed by atoms with van der Waals surface area (Å²) in [6.07, 6.45) is 0. The third kappa shape index (κ3) is 5.11. The van der Waals surface area contributed by atoms with Crippen LogP contribution in [0.2, 0.25) is 0 Å². The molecule has 10 aromatic carbocycles. The first-order chi connectivity index (χ1) is 32.3. The van der Waals surface area contributed by atoms with Crippen molar-refractivity contribution in [3.05, 3.63) is 247 Å². The maximum absolute atomic E-state index is 7.25. The number of thiophene rings is 1. The Bertz CT molecular complexity index is 3970. The molecule has 4 heteroatoms. The van der Waals surface area contributed by atoms with Gasteiger partial charge >= 0.3 is 0 Å². The van der Waals surface area contributed by atoms with Crippen molar-refractivity contribution < 1.29 is 8.83 Å². The molecule has 0 N–H and O–H groups in total. The van der Waals surface area contributed by atoms with Crippen molar-refractivity contribution >= 4 is 92.4 Å². The van der Waals surface area contributed by atoms with Gasteiger partial charge in [-0.05, 0) is 94.0 Å². The van der Waals surface area contributed by atoms with Crippen molar-refractivity contribution in [3.8, 4) is 22.3 Å². The van der Waals surface area contributed by atoms with E-state index in [1.165, 1.54) is 53.6 Å². The van der Waals surface area contributed by atoms with E-state index in [9.17, 15) is 0 Å². The van der Waals surface area contributed by atoms with Crippen molar-refractivity contribution in [2.24, 2.45) is 0 Å². The summed E-state index contributed by atoms with van der Waals surface area (Å²) < 4.78 is 16.2. The quantitative estimate of drug-likeness (QED) is 0.167. The van der Waals surface area contributed by atoms with Gasteiger partial charge in [-0.15, -0.1) is 11.3 Å². The molecule has 0 bridgehead atoms. The van der Waals surface area contributed by atoms with Crippen LogP contribution >= 0.6 is 11.3 Å². The van der Waals surface area contributed by atoms with E-state index in [1.54, 1.807) is 0 Å². The predicted octanol–water partition coefficient (Wildman–Crippen LogP) is 17.4. The second-order valence-corrected chi connectivity index (χ2v) is 18.1. The lowest BCUT2D eigenvalue weighted by atomic mass is 9.67. The summed E-state index contributed by atoms with van der Waals surface area (Å²) in [7, 11) is 0. The second-order valence-electron chi connectivity index (χ2n) is 17.1. The summed E-state index contributed by atoms with van der Waals surface area (Å²) in [5, 5.41) is 6.78. The molecule has 1 aliphatic rings. The normalized spacial score (nSPS) is 13.0. The van der Waals surface area contributed by atoms with Crippen molar-refractivity contribution in [3.63, 3.8) is 0 Å². The largest absolute Gasteiger partial charge is 0.456 e. The van der Waals surface area contributed by atoms with Crippen LogP contribution in [0.25, 0.3) is 86.3 Å². The average Bonchev–Trinajstić information content (AvgIpc) is 4.13. The highest BCUT2D eigenvalue weighted by Crippen LogP contribution is 2.58. The van der Waals surface area contributed by atoms with E-state index in [0.717, 1.165) is 72.1 Å². The summed E-state index contributed by atoms with van der Waals surface area (Å²) in [5.41, 5.74) is 15.7. The summed E-state index contributed by atoms with van der Waals surface area (Å²) in [4.78, 5) is 2.45. The molecule has 14 rings (SSSR count). The highest BCUT2D eigenvalue weighted by Gasteiger charge is 2.46. The van der Waals surface area contributed by atoms with Crippen LogP contribution in [-0.4, -0.2) is 0 Å². The number of anilines is 3. The highest BCUT2D eigenvalue weighted by atomic mass is 32.1. The maximum atomic E-state index is 7.25. The SMILES string of the molecule is c1ccc(N(c2ccc3c(c2)C(c2ccccc2)(c2ccccc2)c2ccccc2-3)c2ccc3c(oc4ccc5oc6ccccc6c5c43)c2-c2cccc3c2sc2ccccc23)cc1. The van der Waals surface area contributed by atoms with Gasteiger partial charge < -0.3 is 13.7 Å². The Hall–Kier alpha value is -8.18. The summed E-state index contributed by atoms with van der Waals surface area (Å²) >= 11 is 1.85. The van der Waals surface area contributed by atoms with Crippen LogP contribution in [0.3, 0.4) is 0 Å². The minimum atomic E-state index is -0.556. The molecular weight excluding hydrogens is 811 g/mol. The summed E-state index contributed by atoms with van der Waals surface area (Å²) in [5.74, 6) is 0. The molecule has 0 radical (unpaired) electrons. The number of fused-ring (bicyclic) bond motifs is 13. The Labute approximate surface area is 378 Å². The molecule has 65 heavy (non-hydrogen) atoms. The minimum absolute atomic E-state index is 0.556. The van der Waals surface area contributed by atoms with E-state index in [-0.39, 0.29) is 0 Å². The molecule has 0 atom stereocenters. The fraction of sp³-hybridized carbons (Fsp3) is 0.0164. The molecule has 0 amide bonds. The Morgan fingerprint density at radius 2 is 1.00 bits per heavy atom. The molecule has 0 saturated carbocycles. The van der Waals surface area contributed by atoms with Gasteiger partial charge in [-0.25, -0.2) is 0 Å². The molecule has 3 aromatic heterocycles. The maximum Gasteiger partial charge on any atom is 0.145 e. The van der Waals surface area contributed by atoms with Crippen LogP contribution < -0.4 is 4.90 Å². The van der Waals surface area contributed by atoms with Crippen molar-refractivity contribution in [2.45, 2.75) is 5.41 Å². The minimum Gasteiger partial charge on any atom is -0.456 e. The molecule has 0 aliphatic heterocycles. The van der Waals surface area contributed by atoms with Crippen LogP contribution in [-0.2, 0) is 5.41 Å². The smallest absolute Gasteiger partial charge is 0.145 e. The van der Waals surface area contributed by atoms with E-state index in [4.69, 9.17) is 8.83 Å². The van der Waals surface area contributed by atoms with Gasteiger partial charge in [-0.1, -0.05) is 164 Å². The number of para-hydroxylation sites is 2. The topological polar surface area (TPSA) is 29.5 Å². The van der Waals surface area contributed by atoms with Crippen molar-refractivity contribution in [1.29, 1.82) is 0 Å². The number of furan rings is 2. The van der Waals surface area contributed by atoms with E-state index < -0.39 is 5.41 Å². The molecule has 0 spiro atoms. The number of hydrogen-bond donors (Lipinski definition) is 0. The lowest BCUT2D eigenvalue weighted by molar-refractivity contribution is 0.663. The van der Waals surface area contributed by atoms with Crippen LogP contribution in [0.15, 0.2) is 233 Å². The Morgan fingerprint density at radius 1 is 0.385 bits per heavy atom. The molecule has 3 heterocycles. The molecule has 0 fully saturated rings. The monoisotopic (exact) mass is 847 g/mol. The van der Waals surface area contributed by atoms with Gasteiger partial charge in [0.15, 0.2) is 0 Å². The second kappa shape index (κ2) is 13.9. The van der Waals surface area contributed by atoms with Crippen molar-refractivity contribution in [2.75, 3.05) is 4.90 Å². The molecule has 1 aliphatic carbocycles. The summed E-state index contributed by atoms with van der Waals surface area (Å²) in [6.45, 7) is 0. The van der Waals surface area contributed by atoms with Crippen LogP contribution in [0.5, 0.6) is 0 Å². The highest BCUT2D eigenvalue weighted by molar-refractivity contribution is 7.26. The van der Waals surface area contributed by atoms with E-state index in [0.29, 0.717) is 0 Å². The predicted molar refractivity (Wildman–Crippen MR) is 271 cm³/mol. The van der Waals surface area contributed by atoms with Gasteiger partial charge in [0.05, 0.1) is 16.7 Å². The lowest BCUT2D eigenvalue weighted by Gasteiger charge is -2.35. The third-order valence-corrected chi connectivity index (χ3v) is 15.0. The number of nitrogens with zero attached hydrogens (tertiary/aromatic N) is 1. The van der Waals surface area contributed by atoms with Gasteiger partial charge in [-0.3, -0.25) is 0 Å². The first-order valence-corrected chi connectivity index (χ1v) is 23.0. The Balaban J connectivity index is 1.11. The van der Waals surface area contributed by atoms with Crippen LogP contribution in [0, 0.1) is 0 Å². The standard InChI is InChI=1S/C61H37NO2S/c1-4-17-38(18-5-1)61(39-19-6-2-7-20-39)49-28-13-10-23-42(49)43-32-31-41(37-50(43)61)62(40-21-8-3-9-22-40)51-34-33-47-58-54(36-35-53-57(58)46-25-11-14-29-52(46)63-53)64-59(47)56(51)48-27-16-26-45-44-24-12-15-30-55(44)65-60(45)48/h1-37H. The van der Waals surface area contributed by atoms with Crippen LogP contribution in [0.1, 0.15) is 22.3 Å². The fourth-order valence-electron chi connectivity index (χ4n) is 11.1. The van der Waals surface area contributed by atoms with E-state index in [2.05, 4.69) is 217 Å². The molecule has 0 saturated heterocycles. The van der Waals surface area contributed by atoms with Crippen LogP contribution in [0.4, 0.5) is 17.1 Å². The van der Waals surface area contributed by atoms with Gasteiger partial charge in [-0.2, -0.15) is 0 Å². The molecule has 3 nitrogen and oxygen atoms in total. The zero-order valence-corrected chi connectivity index (χ0v) is 35.9. The number of benzene rings is 10. The van der Waals surface area contributed by atoms with E-state index in [1.807, 2.05) is 23.5 Å². The molecular formula is C61H37NO2S. The number of hydrogen-bond acceptors (Lipinski definition) is 4. The Kier molecular flexibility index (Phi) is 7.77. The van der Waals surface area contributed by atoms with Crippen molar-refractivity contribution in [1.82, 2.24) is 0 Å². The third-order valence-electron chi connectivity index (χ3n) is 13.8. The van der Waals surface area contributed by atoms with E-state index >= 15 is 0 Å². The van der Waals surface area contributed by atoms with Gasteiger partial charge in [0.25, 0.3) is 0 Å². The first-order valence-electron chi connectivity index (χ1n) is 22.2. The van der Waals surface area contributed by atoms with Gasteiger partial charge in [0.2, 0.25) is 0 Å². The number of rotatable bonds is 6. The zero-order chi connectivity index (χ0) is 42.6. The first kappa shape index (κ1) is 36.3.